The van der Waals surface area contributed by atoms with Crippen LogP contribution in [0.2, 0.25) is 0 Å². The number of amides is 1. The third kappa shape index (κ3) is 3.76. The number of hydrogen-bond donors (Lipinski definition) is 1. The molecular formula is C21H18N2O3. The minimum Gasteiger partial charge on any atom is -0.497 e. The Balaban J connectivity index is 1.82. The monoisotopic (exact) mass is 346 g/mol. The van der Waals surface area contributed by atoms with Gasteiger partial charge in [0.15, 0.2) is 0 Å². The molecule has 0 bridgehead atoms. The number of nitriles is 1. The Labute approximate surface area is 152 Å². The van der Waals surface area contributed by atoms with Crippen LogP contribution in [0, 0.1) is 11.3 Å². The van der Waals surface area contributed by atoms with Crippen molar-refractivity contribution in [1.29, 1.82) is 5.26 Å². The number of nitrogens with one attached hydrogen (secondary N) is 1. The molecule has 130 valence electrons. The number of fused-ring (bicyclic) bond motifs is 1. The molecule has 2 aromatic rings. The van der Waals surface area contributed by atoms with Gasteiger partial charge in [0.2, 0.25) is 0 Å². The second-order valence-electron chi connectivity index (χ2n) is 5.79. The fourth-order valence-corrected chi connectivity index (χ4v) is 2.61. The third-order valence-electron chi connectivity index (χ3n) is 4.04. The molecule has 0 aromatic heterocycles. The first kappa shape index (κ1) is 17.3. The minimum absolute atomic E-state index is 0.0156. The van der Waals surface area contributed by atoms with Crippen LogP contribution in [0.15, 0.2) is 65.8 Å². The SMILES string of the molecule is COc1ccc(NC(=O)/C(C#N)=C\C2=Cc3ccccc3OC2C)cc1. The number of benzene rings is 2. The van der Waals surface area contributed by atoms with Crippen molar-refractivity contribution in [3.8, 4) is 17.6 Å². The maximum absolute atomic E-state index is 12.4. The predicted molar refractivity (Wildman–Crippen MR) is 99.8 cm³/mol. The Kier molecular flexibility index (Phi) is 5.04. The molecule has 1 heterocycles. The van der Waals surface area contributed by atoms with E-state index in [0.717, 1.165) is 16.9 Å². The molecule has 0 radical (unpaired) electrons. The Bertz CT molecular complexity index is 921. The summed E-state index contributed by atoms with van der Waals surface area (Å²) < 4.78 is 10.9. The van der Waals surface area contributed by atoms with E-state index in [0.29, 0.717) is 11.4 Å². The van der Waals surface area contributed by atoms with Crippen LogP contribution in [0.5, 0.6) is 11.5 Å². The summed E-state index contributed by atoms with van der Waals surface area (Å²) in [4.78, 5) is 12.4. The normalized spacial score (nSPS) is 15.8. The van der Waals surface area contributed by atoms with Gasteiger partial charge in [-0.1, -0.05) is 18.2 Å². The molecule has 0 saturated heterocycles. The third-order valence-corrected chi connectivity index (χ3v) is 4.04. The molecule has 5 nitrogen and oxygen atoms in total. The molecule has 26 heavy (non-hydrogen) atoms. The van der Waals surface area contributed by atoms with Crippen molar-refractivity contribution in [2.24, 2.45) is 0 Å². The Morgan fingerprint density at radius 1 is 1.23 bits per heavy atom. The Morgan fingerprint density at radius 3 is 2.65 bits per heavy atom. The zero-order valence-electron chi connectivity index (χ0n) is 14.5. The summed E-state index contributed by atoms with van der Waals surface area (Å²) in [6, 6.07) is 16.5. The molecule has 0 aliphatic carbocycles. The summed E-state index contributed by atoms with van der Waals surface area (Å²) in [7, 11) is 1.57. The number of anilines is 1. The lowest BCUT2D eigenvalue weighted by atomic mass is 10.0. The van der Waals surface area contributed by atoms with Crippen molar-refractivity contribution >= 4 is 17.7 Å². The molecule has 1 aliphatic rings. The van der Waals surface area contributed by atoms with Gasteiger partial charge in [0.05, 0.1) is 7.11 Å². The van der Waals surface area contributed by atoms with Crippen LogP contribution in [-0.2, 0) is 4.79 Å². The molecule has 0 fully saturated rings. The zero-order chi connectivity index (χ0) is 18.5. The summed E-state index contributed by atoms with van der Waals surface area (Å²) in [6.45, 7) is 1.88. The summed E-state index contributed by atoms with van der Waals surface area (Å²) in [5, 5.41) is 12.1. The van der Waals surface area contributed by atoms with Crippen LogP contribution in [0.3, 0.4) is 0 Å². The largest absolute Gasteiger partial charge is 0.497 e. The second kappa shape index (κ2) is 7.58. The first-order valence-electron chi connectivity index (χ1n) is 8.15. The van der Waals surface area contributed by atoms with E-state index in [4.69, 9.17) is 9.47 Å². The quantitative estimate of drug-likeness (QED) is 0.672. The fourth-order valence-electron chi connectivity index (χ4n) is 2.61. The molecule has 1 amide bonds. The summed E-state index contributed by atoms with van der Waals surface area (Å²) in [6.07, 6.45) is 3.25. The van der Waals surface area contributed by atoms with Crippen LogP contribution in [0.1, 0.15) is 12.5 Å². The molecule has 0 spiro atoms. The van der Waals surface area contributed by atoms with Crippen molar-refractivity contribution in [2.75, 3.05) is 12.4 Å². The van der Waals surface area contributed by atoms with Crippen LogP contribution in [0.4, 0.5) is 5.69 Å². The van der Waals surface area contributed by atoms with E-state index in [9.17, 15) is 10.1 Å². The van der Waals surface area contributed by atoms with E-state index in [1.54, 1.807) is 37.5 Å². The van der Waals surface area contributed by atoms with Crippen LogP contribution >= 0.6 is 0 Å². The molecule has 3 rings (SSSR count). The standard InChI is InChI=1S/C21H18N2O3/c1-14-16(11-15-5-3-4-6-20(15)26-14)12-17(13-22)21(24)23-18-7-9-19(25-2)10-8-18/h3-12,14H,1-2H3,(H,23,24)/b17-12-. The first-order valence-corrected chi connectivity index (χ1v) is 8.15. The van der Waals surface area contributed by atoms with Gasteiger partial charge < -0.3 is 14.8 Å². The molecule has 2 aromatic carbocycles. The highest BCUT2D eigenvalue weighted by atomic mass is 16.5. The molecule has 1 unspecified atom stereocenters. The van der Waals surface area contributed by atoms with Crippen molar-refractivity contribution in [3.05, 3.63) is 71.3 Å². The van der Waals surface area contributed by atoms with E-state index in [1.165, 1.54) is 0 Å². The van der Waals surface area contributed by atoms with Gasteiger partial charge in [-0.05, 0) is 55.0 Å². The van der Waals surface area contributed by atoms with Gasteiger partial charge in [0.25, 0.3) is 5.91 Å². The number of hydrogen-bond acceptors (Lipinski definition) is 4. The highest BCUT2D eigenvalue weighted by Crippen LogP contribution is 2.30. The smallest absolute Gasteiger partial charge is 0.266 e. The summed E-state index contributed by atoms with van der Waals surface area (Å²) in [5.41, 5.74) is 2.29. The van der Waals surface area contributed by atoms with Gasteiger partial charge in [-0.25, -0.2) is 0 Å². The topological polar surface area (TPSA) is 71.3 Å². The number of ether oxygens (including phenoxy) is 2. The van der Waals surface area contributed by atoms with Crippen molar-refractivity contribution in [1.82, 2.24) is 0 Å². The number of methoxy groups -OCH3 is 1. The molecular weight excluding hydrogens is 328 g/mol. The van der Waals surface area contributed by atoms with E-state index in [1.807, 2.05) is 43.3 Å². The van der Waals surface area contributed by atoms with Gasteiger partial charge in [-0.15, -0.1) is 0 Å². The number of para-hydroxylation sites is 1. The number of carbonyl (C=O) groups excluding carboxylic acids is 1. The predicted octanol–water partition coefficient (Wildman–Crippen LogP) is 3.95. The molecule has 1 N–H and O–H groups in total. The summed E-state index contributed by atoms with van der Waals surface area (Å²) >= 11 is 0. The van der Waals surface area contributed by atoms with Crippen molar-refractivity contribution < 1.29 is 14.3 Å². The highest BCUT2D eigenvalue weighted by Gasteiger charge is 2.19. The van der Waals surface area contributed by atoms with E-state index in [-0.39, 0.29) is 11.7 Å². The number of nitrogens with zero attached hydrogens (tertiary/aromatic N) is 1. The average molecular weight is 346 g/mol. The molecule has 0 saturated carbocycles. The van der Waals surface area contributed by atoms with Crippen LogP contribution in [0.25, 0.3) is 6.08 Å². The lowest BCUT2D eigenvalue weighted by Crippen LogP contribution is -2.20. The Hall–Kier alpha value is -3.52. The molecule has 1 atom stereocenters. The average Bonchev–Trinajstić information content (AvgIpc) is 2.66. The van der Waals surface area contributed by atoms with Crippen molar-refractivity contribution in [2.45, 2.75) is 13.0 Å². The van der Waals surface area contributed by atoms with Crippen LogP contribution < -0.4 is 14.8 Å². The van der Waals surface area contributed by atoms with E-state index < -0.39 is 5.91 Å². The molecule has 5 heteroatoms. The summed E-state index contributed by atoms with van der Waals surface area (Å²) in [5.74, 6) is 1.01. The maximum atomic E-state index is 12.4. The lowest BCUT2D eigenvalue weighted by molar-refractivity contribution is -0.112. The fraction of sp³-hybridized carbons (Fsp3) is 0.143. The van der Waals surface area contributed by atoms with Gasteiger partial charge in [-0.3, -0.25) is 4.79 Å². The number of rotatable bonds is 4. The van der Waals surface area contributed by atoms with Gasteiger partial charge >= 0.3 is 0 Å². The van der Waals surface area contributed by atoms with Gasteiger partial charge in [0.1, 0.15) is 29.2 Å². The Morgan fingerprint density at radius 2 is 1.96 bits per heavy atom. The minimum atomic E-state index is -0.468. The van der Waals surface area contributed by atoms with Crippen molar-refractivity contribution in [3.63, 3.8) is 0 Å². The maximum Gasteiger partial charge on any atom is 0.266 e. The molecule has 1 aliphatic heterocycles. The van der Waals surface area contributed by atoms with E-state index in [2.05, 4.69) is 5.32 Å². The van der Waals surface area contributed by atoms with Gasteiger partial charge in [-0.2, -0.15) is 5.26 Å². The highest BCUT2D eigenvalue weighted by molar-refractivity contribution is 6.07. The second-order valence-corrected chi connectivity index (χ2v) is 5.79. The zero-order valence-corrected chi connectivity index (χ0v) is 14.5. The first-order chi connectivity index (χ1) is 12.6. The lowest BCUT2D eigenvalue weighted by Gasteiger charge is -2.23. The van der Waals surface area contributed by atoms with Gasteiger partial charge in [0, 0.05) is 11.3 Å². The van der Waals surface area contributed by atoms with Crippen LogP contribution in [-0.4, -0.2) is 19.1 Å². The number of carbonyl (C=O) groups is 1. The van der Waals surface area contributed by atoms with E-state index >= 15 is 0 Å².